The minimum absolute atomic E-state index is 0.179. The molecule has 0 aliphatic rings. The number of aliphatic hydroxyl groups excluding tert-OH is 2. The Morgan fingerprint density at radius 3 is 2.00 bits per heavy atom. The van der Waals surface area contributed by atoms with Gasteiger partial charge in [0, 0.05) is 12.1 Å². The van der Waals surface area contributed by atoms with Gasteiger partial charge in [0.2, 0.25) is 11.8 Å². The molecule has 2 atom stereocenters. The van der Waals surface area contributed by atoms with Crippen LogP contribution in [0.5, 0.6) is 0 Å². The first-order valence-electron chi connectivity index (χ1n) is 11.0. The molecule has 1 aromatic carbocycles. The number of ether oxygens (including phenoxy) is 1. The maximum absolute atomic E-state index is 13.5. The summed E-state index contributed by atoms with van der Waals surface area (Å²) in [7, 11) is 0. The molecule has 186 valence electrons. The molecule has 1 rings (SSSR count). The largest absolute Gasteiger partial charge is 0.444 e. The third-order valence-corrected chi connectivity index (χ3v) is 4.67. The van der Waals surface area contributed by atoms with Gasteiger partial charge in [0.15, 0.2) is 0 Å². The molecule has 0 aliphatic carbocycles. The van der Waals surface area contributed by atoms with Gasteiger partial charge in [-0.3, -0.25) is 9.59 Å². The topological polar surface area (TPSA) is 128 Å². The predicted molar refractivity (Wildman–Crippen MR) is 126 cm³/mol. The zero-order valence-electron chi connectivity index (χ0n) is 21.0. The van der Waals surface area contributed by atoms with Crippen LogP contribution in [0.3, 0.4) is 0 Å². The summed E-state index contributed by atoms with van der Waals surface area (Å²) in [4.78, 5) is 40.3. The number of alkyl carbamates (subject to hydrolysis) is 1. The van der Waals surface area contributed by atoms with E-state index in [9.17, 15) is 24.6 Å². The fraction of sp³-hybridized carbons (Fsp3) is 0.625. The van der Waals surface area contributed by atoms with Crippen molar-refractivity contribution in [3.63, 3.8) is 0 Å². The third kappa shape index (κ3) is 8.66. The van der Waals surface area contributed by atoms with E-state index in [1.165, 1.54) is 4.90 Å². The average Bonchev–Trinajstić information content (AvgIpc) is 2.64. The highest BCUT2D eigenvalue weighted by Gasteiger charge is 2.38. The average molecular weight is 466 g/mol. The van der Waals surface area contributed by atoms with Gasteiger partial charge in [-0.1, -0.05) is 18.2 Å². The summed E-state index contributed by atoms with van der Waals surface area (Å²) < 4.78 is 5.20. The maximum Gasteiger partial charge on any atom is 0.408 e. The van der Waals surface area contributed by atoms with Crippen LogP contribution >= 0.6 is 0 Å². The van der Waals surface area contributed by atoms with Gasteiger partial charge in [-0.25, -0.2) is 4.79 Å². The minimum atomic E-state index is -1.36. The number of nitrogens with one attached hydrogen (secondary N) is 2. The number of rotatable bonds is 8. The normalized spacial score (nSPS) is 13.6. The number of aryl methyl sites for hydroxylation is 2. The molecule has 0 spiro atoms. The van der Waals surface area contributed by atoms with Crippen LogP contribution in [0, 0.1) is 13.8 Å². The fourth-order valence-electron chi connectivity index (χ4n) is 3.43. The van der Waals surface area contributed by atoms with Crippen molar-refractivity contribution in [1.29, 1.82) is 0 Å². The molecule has 0 radical (unpaired) electrons. The third-order valence-electron chi connectivity index (χ3n) is 4.67. The Bertz CT molecular complexity index is 821. The van der Waals surface area contributed by atoms with E-state index in [4.69, 9.17) is 4.74 Å². The lowest BCUT2D eigenvalue weighted by atomic mass is 9.93. The molecular formula is C24H39N3O6. The molecule has 0 bridgehead atoms. The van der Waals surface area contributed by atoms with Crippen molar-refractivity contribution in [2.45, 2.75) is 78.6 Å². The van der Waals surface area contributed by atoms with Crippen LogP contribution < -0.4 is 10.6 Å². The van der Waals surface area contributed by atoms with Crippen molar-refractivity contribution in [3.05, 3.63) is 34.9 Å². The van der Waals surface area contributed by atoms with Crippen LogP contribution in [0.4, 0.5) is 4.79 Å². The van der Waals surface area contributed by atoms with Gasteiger partial charge >= 0.3 is 6.09 Å². The van der Waals surface area contributed by atoms with Gasteiger partial charge in [-0.2, -0.15) is 0 Å². The lowest BCUT2D eigenvalue weighted by Gasteiger charge is -2.36. The van der Waals surface area contributed by atoms with Crippen LogP contribution in [0.2, 0.25) is 0 Å². The van der Waals surface area contributed by atoms with Crippen LogP contribution in [-0.4, -0.2) is 70.0 Å². The molecule has 9 nitrogen and oxygen atoms in total. The van der Waals surface area contributed by atoms with Crippen molar-refractivity contribution >= 4 is 17.9 Å². The van der Waals surface area contributed by atoms with Gasteiger partial charge in [0.25, 0.3) is 0 Å². The van der Waals surface area contributed by atoms with E-state index in [1.807, 2.05) is 52.8 Å². The molecule has 33 heavy (non-hydrogen) atoms. The molecule has 0 aliphatic heterocycles. The highest BCUT2D eigenvalue weighted by Crippen LogP contribution is 2.29. The first-order valence-corrected chi connectivity index (χ1v) is 11.0. The molecule has 3 amide bonds. The SMILES string of the molecule is Cc1cccc(C)c1C(C(=O)NC(C)(C)C)N(CCO)C(=O)C(CO)NC(=O)OC(C)(C)C. The second-order valence-electron chi connectivity index (χ2n) is 10.1. The molecule has 1 aromatic rings. The van der Waals surface area contributed by atoms with E-state index in [2.05, 4.69) is 10.6 Å². The van der Waals surface area contributed by atoms with Crippen molar-refractivity contribution in [2.75, 3.05) is 19.8 Å². The van der Waals surface area contributed by atoms with E-state index in [0.29, 0.717) is 5.56 Å². The smallest absolute Gasteiger partial charge is 0.408 e. The molecule has 0 saturated carbocycles. The summed E-state index contributed by atoms with van der Waals surface area (Å²) in [6, 6.07) is 3.08. The summed E-state index contributed by atoms with van der Waals surface area (Å²) in [5.41, 5.74) is 0.826. The summed E-state index contributed by atoms with van der Waals surface area (Å²) in [5.74, 6) is -1.15. The summed E-state index contributed by atoms with van der Waals surface area (Å²) >= 11 is 0. The Hall–Kier alpha value is -2.65. The summed E-state index contributed by atoms with van der Waals surface area (Å²) in [6.45, 7) is 12.9. The van der Waals surface area contributed by atoms with E-state index >= 15 is 0 Å². The number of carbonyl (C=O) groups excluding carboxylic acids is 3. The Balaban J connectivity index is 3.47. The Morgan fingerprint density at radius 1 is 1.03 bits per heavy atom. The first kappa shape index (κ1) is 28.4. The van der Waals surface area contributed by atoms with Crippen molar-refractivity contribution in [2.24, 2.45) is 0 Å². The quantitative estimate of drug-likeness (QED) is 0.465. The number of benzene rings is 1. The van der Waals surface area contributed by atoms with Gasteiger partial charge in [0.1, 0.15) is 17.7 Å². The molecule has 0 heterocycles. The Labute approximate surface area is 196 Å². The fourth-order valence-corrected chi connectivity index (χ4v) is 3.43. The second kappa shape index (κ2) is 11.5. The zero-order valence-corrected chi connectivity index (χ0v) is 21.0. The van der Waals surface area contributed by atoms with E-state index in [-0.39, 0.29) is 6.54 Å². The summed E-state index contributed by atoms with van der Waals surface area (Å²) in [6.07, 6.45) is -0.874. The highest BCUT2D eigenvalue weighted by atomic mass is 16.6. The van der Waals surface area contributed by atoms with Crippen molar-refractivity contribution < 1.29 is 29.3 Å². The number of carbonyl (C=O) groups is 3. The molecule has 0 saturated heterocycles. The lowest BCUT2D eigenvalue weighted by Crippen LogP contribution is -2.56. The number of amides is 3. The highest BCUT2D eigenvalue weighted by molar-refractivity contribution is 5.92. The van der Waals surface area contributed by atoms with Crippen molar-refractivity contribution in [3.8, 4) is 0 Å². The maximum atomic E-state index is 13.5. The van der Waals surface area contributed by atoms with Crippen LogP contribution in [-0.2, 0) is 14.3 Å². The molecule has 0 fully saturated rings. The molecule has 4 N–H and O–H groups in total. The monoisotopic (exact) mass is 465 g/mol. The number of hydrogen-bond donors (Lipinski definition) is 4. The molecular weight excluding hydrogens is 426 g/mol. The minimum Gasteiger partial charge on any atom is -0.444 e. The van der Waals surface area contributed by atoms with Crippen molar-refractivity contribution in [1.82, 2.24) is 15.5 Å². The Kier molecular flexibility index (Phi) is 9.87. The second-order valence-corrected chi connectivity index (χ2v) is 10.1. The number of aliphatic hydroxyl groups is 2. The molecule has 2 unspecified atom stereocenters. The first-order chi connectivity index (χ1) is 15.1. The predicted octanol–water partition coefficient (Wildman–Crippen LogP) is 1.97. The van der Waals surface area contributed by atoms with Gasteiger partial charge in [0.05, 0.1) is 13.2 Å². The van der Waals surface area contributed by atoms with Gasteiger partial charge in [-0.15, -0.1) is 0 Å². The van der Waals surface area contributed by atoms with Crippen LogP contribution in [0.15, 0.2) is 18.2 Å². The lowest BCUT2D eigenvalue weighted by molar-refractivity contribution is -0.144. The standard InChI is InChI=1S/C24H39N3O6/c1-15-10-9-11-16(2)18(15)19(20(30)26-23(3,4)5)27(12-13-28)21(31)17(14-29)25-22(32)33-24(6,7)8/h9-11,17,19,28-29H,12-14H2,1-8H3,(H,25,32)(H,26,30). The van der Waals surface area contributed by atoms with Gasteiger partial charge in [-0.05, 0) is 72.1 Å². The molecule has 9 heteroatoms. The Morgan fingerprint density at radius 2 is 1.58 bits per heavy atom. The van der Waals surface area contributed by atoms with E-state index < -0.39 is 54.3 Å². The van der Waals surface area contributed by atoms with E-state index in [1.54, 1.807) is 20.8 Å². The van der Waals surface area contributed by atoms with E-state index in [0.717, 1.165) is 11.1 Å². The van der Waals surface area contributed by atoms with Gasteiger partial charge < -0.3 is 30.5 Å². The zero-order chi connectivity index (χ0) is 25.6. The van der Waals surface area contributed by atoms with Crippen LogP contribution in [0.25, 0.3) is 0 Å². The summed E-state index contributed by atoms with van der Waals surface area (Å²) in [5, 5.41) is 24.9. The number of hydrogen-bond acceptors (Lipinski definition) is 6. The molecule has 0 aromatic heterocycles. The number of nitrogens with zero attached hydrogens (tertiary/aromatic N) is 1. The van der Waals surface area contributed by atoms with Crippen LogP contribution in [0.1, 0.15) is 64.3 Å².